The summed E-state index contributed by atoms with van der Waals surface area (Å²) in [6.45, 7) is 4.76. The van der Waals surface area contributed by atoms with Crippen molar-refractivity contribution in [3.05, 3.63) is 88.0 Å². The molecule has 0 saturated heterocycles. The summed E-state index contributed by atoms with van der Waals surface area (Å²) in [5.74, 6) is -0.0710. The van der Waals surface area contributed by atoms with Gasteiger partial charge in [-0.25, -0.2) is 9.07 Å². The Kier molecular flexibility index (Phi) is 6.54. The van der Waals surface area contributed by atoms with Crippen LogP contribution in [0.3, 0.4) is 0 Å². The minimum absolute atomic E-state index is 0.129. The van der Waals surface area contributed by atoms with E-state index in [4.69, 9.17) is 0 Å². The molecular weight excluding hydrogens is 369 g/mol. The van der Waals surface area contributed by atoms with Crippen LogP contribution in [-0.2, 0) is 17.9 Å². The van der Waals surface area contributed by atoms with Crippen molar-refractivity contribution < 1.29 is 9.18 Å². The molecule has 1 aromatic heterocycles. The van der Waals surface area contributed by atoms with Crippen molar-refractivity contribution in [2.24, 2.45) is 0 Å². The molecule has 0 radical (unpaired) electrons. The molecule has 6 heteroatoms. The topological polar surface area (TPSA) is 64.0 Å². The molecule has 1 amide bonds. The van der Waals surface area contributed by atoms with Crippen LogP contribution in [-0.4, -0.2) is 15.7 Å². The lowest BCUT2D eigenvalue weighted by atomic mass is 10.0. The van der Waals surface area contributed by atoms with E-state index in [0.29, 0.717) is 18.2 Å². The summed E-state index contributed by atoms with van der Waals surface area (Å²) >= 11 is 0. The van der Waals surface area contributed by atoms with Crippen LogP contribution in [0.1, 0.15) is 37.3 Å². The normalized spacial score (nSPS) is 10.9. The molecule has 1 N–H and O–H groups in total. The molecule has 0 aliphatic heterocycles. The van der Waals surface area contributed by atoms with Crippen molar-refractivity contribution in [2.45, 2.75) is 39.3 Å². The number of aromatic nitrogens is 2. The van der Waals surface area contributed by atoms with Gasteiger partial charge in [0, 0.05) is 24.6 Å². The number of hydrogen-bond acceptors (Lipinski definition) is 3. The van der Waals surface area contributed by atoms with Gasteiger partial charge in [0.05, 0.1) is 12.2 Å². The van der Waals surface area contributed by atoms with Gasteiger partial charge in [-0.3, -0.25) is 9.59 Å². The van der Waals surface area contributed by atoms with Crippen LogP contribution in [0, 0.1) is 5.82 Å². The van der Waals surface area contributed by atoms with Gasteiger partial charge in [0.15, 0.2) is 0 Å². The molecule has 0 aliphatic carbocycles. The third-order valence-corrected chi connectivity index (χ3v) is 4.69. The minimum Gasteiger partial charge on any atom is -0.352 e. The highest BCUT2D eigenvalue weighted by Gasteiger charge is 2.08. The molecule has 0 spiro atoms. The maximum atomic E-state index is 12.9. The van der Waals surface area contributed by atoms with Crippen molar-refractivity contribution in [2.75, 3.05) is 0 Å². The Morgan fingerprint density at radius 2 is 1.72 bits per heavy atom. The van der Waals surface area contributed by atoms with Crippen LogP contribution in [0.5, 0.6) is 0 Å². The number of nitrogens with zero attached hydrogens (tertiary/aromatic N) is 2. The second-order valence-corrected chi connectivity index (χ2v) is 7.21. The standard InChI is InChI=1S/C23H24FN3O2/c1-16(2)18-5-7-19(8-6-18)21-11-12-23(29)27(26-21)14-13-22(28)25-15-17-3-9-20(24)10-4-17/h3-12,16H,13-15H2,1-2H3,(H,25,28). The average Bonchev–Trinajstić information content (AvgIpc) is 2.73. The lowest BCUT2D eigenvalue weighted by Gasteiger charge is -2.09. The zero-order chi connectivity index (χ0) is 20.8. The molecule has 1 heterocycles. The predicted molar refractivity (Wildman–Crippen MR) is 111 cm³/mol. The highest BCUT2D eigenvalue weighted by molar-refractivity contribution is 5.75. The molecule has 5 nitrogen and oxygen atoms in total. The van der Waals surface area contributed by atoms with Gasteiger partial charge in [-0.2, -0.15) is 5.10 Å². The number of amides is 1. The van der Waals surface area contributed by atoms with E-state index in [2.05, 4.69) is 36.4 Å². The molecule has 0 fully saturated rings. The Bertz CT molecular complexity index is 1030. The van der Waals surface area contributed by atoms with E-state index >= 15 is 0 Å². The number of carbonyl (C=O) groups excluding carboxylic acids is 1. The predicted octanol–water partition coefficient (Wildman–Crippen LogP) is 3.88. The number of benzene rings is 2. The first-order valence-electron chi connectivity index (χ1n) is 9.62. The maximum absolute atomic E-state index is 12.9. The Labute approximate surface area is 169 Å². The molecule has 2 aromatic carbocycles. The molecule has 150 valence electrons. The number of hydrogen-bond donors (Lipinski definition) is 1. The Morgan fingerprint density at radius 1 is 1.03 bits per heavy atom. The summed E-state index contributed by atoms with van der Waals surface area (Å²) in [4.78, 5) is 24.2. The summed E-state index contributed by atoms with van der Waals surface area (Å²) in [6, 6.07) is 17.2. The summed E-state index contributed by atoms with van der Waals surface area (Å²) in [5.41, 5.74) is 3.40. The van der Waals surface area contributed by atoms with E-state index in [1.807, 2.05) is 12.1 Å². The zero-order valence-electron chi connectivity index (χ0n) is 16.6. The SMILES string of the molecule is CC(C)c1ccc(-c2ccc(=O)n(CCC(=O)NCc3ccc(F)cc3)n2)cc1. The molecule has 0 aliphatic rings. The van der Waals surface area contributed by atoms with E-state index in [-0.39, 0.29) is 30.2 Å². The van der Waals surface area contributed by atoms with Crippen molar-refractivity contribution in [1.29, 1.82) is 0 Å². The number of halogens is 1. The molecule has 0 unspecified atom stereocenters. The quantitative estimate of drug-likeness (QED) is 0.663. The zero-order valence-corrected chi connectivity index (χ0v) is 16.6. The van der Waals surface area contributed by atoms with Crippen molar-refractivity contribution in [1.82, 2.24) is 15.1 Å². The second kappa shape index (κ2) is 9.28. The van der Waals surface area contributed by atoms with Gasteiger partial charge < -0.3 is 5.32 Å². The van der Waals surface area contributed by atoms with E-state index in [1.54, 1.807) is 18.2 Å². The molecule has 0 saturated carbocycles. The van der Waals surface area contributed by atoms with Crippen molar-refractivity contribution in [3.63, 3.8) is 0 Å². The van der Waals surface area contributed by atoms with Gasteiger partial charge in [-0.05, 0) is 35.2 Å². The van der Waals surface area contributed by atoms with Crippen LogP contribution in [0.15, 0.2) is 65.5 Å². The Balaban J connectivity index is 1.61. The van der Waals surface area contributed by atoms with Crippen molar-refractivity contribution in [3.8, 4) is 11.3 Å². The first-order valence-corrected chi connectivity index (χ1v) is 9.62. The van der Waals surface area contributed by atoms with Crippen LogP contribution < -0.4 is 10.9 Å². The molecule has 29 heavy (non-hydrogen) atoms. The first kappa shape index (κ1) is 20.5. The number of carbonyl (C=O) groups is 1. The van der Waals surface area contributed by atoms with Crippen LogP contribution in [0.4, 0.5) is 4.39 Å². The van der Waals surface area contributed by atoms with Gasteiger partial charge in [-0.1, -0.05) is 50.2 Å². The molecule has 3 rings (SSSR count). The molecular formula is C23H24FN3O2. The van der Waals surface area contributed by atoms with Crippen LogP contribution in [0.25, 0.3) is 11.3 Å². The lowest BCUT2D eigenvalue weighted by molar-refractivity contribution is -0.121. The van der Waals surface area contributed by atoms with Crippen molar-refractivity contribution >= 4 is 5.91 Å². The minimum atomic E-state index is -0.316. The van der Waals surface area contributed by atoms with E-state index < -0.39 is 0 Å². The third kappa shape index (κ3) is 5.60. The average molecular weight is 393 g/mol. The monoisotopic (exact) mass is 393 g/mol. The fraction of sp³-hybridized carbons (Fsp3) is 0.261. The summed E-state index contributed by atoms with van der Waals surface area (Å²) in [6.07, 6.45) is 0.129. The second-order valence-electron chi connectivity index (χ2n) is 7.21. The molecule has 0 atom stereocenters. The van der Waals surface area contributed by atoms with Gasteiger partial charge in [0.2, 0.25) is 5.91 Å². The first-order chi connectivity index (χ1) is 13.9. The number of nitrogens with one attached hydrogen (secondary N) is 1. The van der Waals surface area contributed by atoms with Crippen LogP contribution in [0.2, 0.25) is 0 Å². The maximum Gasteiger partial charge on any atom is 0.266 e. The molecule has 0 bridgehead atoms. The molecule has 3 aromatic rings. The largest absolute Gasteiger partial charge is 0.352 e. The van der Waals surface area contributed by atoms with E-state index in [9.17, 15) is 14.0 Å². The van der Waals surface area contributed by atoms with Crippen LogP contribution >= 0.6 is 0 Å². The lowest BCUT2D eigenvalue weighted by Crippen LogP contribution is -2.28. The van der Waals surface area contributed by atoms with Gasteiger partial charge in [0.25, 0.3) is 5.56 Å². The summed E-state index contributed by atoms with van der Waals surface area (Å²) in [7, 11) is 0. The smallest absolute Gasteiger partial charge is 0.266 e. The van der Waals surface area contributed by atoms with Gasteiger partial charge in [0.1, 0.15) is 5.82 Å². The number of rotatable bonds is 7. The van der Waals surface area contributed by atoms with E-state index in [0.717, 1.165) is 11.1 Å². The number of aryl methyl sites for hydroxylation is 1. The fourth-order valence-corrected chi connectivity index (χ4v) is 2.90. The fourth-order valence-electron chi connectivity index (χ4n) is 2.90. The Morgan fingerprint density at radius 3 is 2.38 bits per heavy atom. The van der Waals surface area contributed by atoms with Gasteiger partial charge >= 0.3 is 0 Å². The highest BCUT2D eigenvalue weighted by atomic mass is 19.1. The van der Waals surface area contributed by atoms with E-state index in [1.165, 1.54) is 28.4 Å². The Hall–Kier alpha value is -3.28. The van der Waals surface area contributed by atoms with Gasteiger partial charge in [-0.15, -0.1) is 0 Å². The third-order valence-electron chi connectivity index (χ3n) is 4.69. The summed E-state index contributed by atoms with van der Waals surface area (Å²) < 4.78 is 14.2. The summed E-state index contributed by atoms with van der Waals surface area (Å²) in [5, 5.41) is 7.17. The highest BCUT2D eigenvalue weighted by Crippen LogP contribution is 2.20.